The van der Waals surface area contributed by atoms with E-state index in [1.54, 1.807) is 86.6 Å². The fraction of sp³-hybridized carbons (Fsp3) is 0.176. The van der Waals surface area contributed by atoms with Gasteiger partial charge in [0.05, 0.1) is 0 Å². The minimum absolute atomic E-state index is 0.0305. The van der Waals surface area contributed by atoms with Crippen molar-refractivity contribution < 1.29 is 47.1 Å². The summed E-state index contributed by atoms with van der Waals surface area (Å²) in [5.41, 5.74) is 5.10. The van der Waals surface area contributed by atoms with Gasteiger partial charge >= 0.3 is 12.1 Å². The number of urea groups is 2. The van der Waals surface area contributed by atoms with Gasteiger partial charge in [0, 0.05) is 45.4 Å². The molecule has 4 aromatic carbocycles. The molecule has 2 saturated heterocycles. The molecule has 0 aliphatic carbocycles. The first-order valence-corrected chi connectivity index (χ1v) is 23.4. The highest BCUT2D eigenvalue weighted by Gasteiger charge is 2.36. The molecule has 2 fully saturated rings. The number of hydrogen-bond acceptors (Lipinski definition) is 14. The Hall–Kier alpha value is -10.4. The highest BCUT2D eigenvalue weighted by atomic mass is 19.1. The second kappa shape index (κ2) is 22.0. The van der Waals surface area contributed by atoms with Crippen molar-refractivity contribution in [2.75, 3.05) is 7.05 Å². The van der Waals surface area contributed by atoms with Crippen LogP contribution in [0.4, 0.5) is 18.4 Å². The Morgan fingerprint density at radius 3 is 1.36 bits per heavy atom. The lowest BCUT2D eigenvalue weighted by Crippen LogP contribution is -2.28. The lowest BCUT2D eigenvalue weighted by molar-refractivity contribution is -0.126. The van der Waals surface area contributed by atoms with Crippen molar-refractivity contribution in [2.24, 2.45) is 0 Å². The Bertz CT molecular complexity index is 3680. The minimum Gasteiger partial charge on any atom is -0.347 e. The first-order valence-electron chi connectivity index (χ1n) is 23.4. The summed E-state index contributed by atoms with van der Waals surface area (Å²) in [5, 5.41) is 26.3. The second-order valence-corrected chi connectivity index (χ2v) is 17.6. The summed E-state index contributed by atoms with van der Waals surface area (Å²) < 4.78 is 29.5. The molecule has 0 saturated carbocycles. The molecule has 6 heterocycles. The number of benzene rings is 4. The number of likely N-dealkylation sites (N-methyl/N-ethyl adjacent to an activating group) is 1. The summed E-state index contributed by atoms with van der Waals surface area (Å²) >= 11 is 0. The van der Waals surface area contributed by atoms with Crippen LogP contribution in [0.2, 0.25) is 0 Å². The first kappa shape index (κ1) is 51.5. The van der Waals surface area contributed by atoms with Crippen LogP contribution in [0.3, 0.4) is 0 Å². The molecule has 10 amide bonds. The van der Waals surface area contributed by atoms with E-state index in [1.165, 1.54) is 53.0 Å². The molecule has 24 nitrogen and oxygen atoms in total. The van der Waals surface area contributed by atoms with E-state index in [4.69, 9.17) is 0 Å². The number of fused-ring (bicyclic) bond motifs is 2. The Balaban J connectivity index is 0.000000188. The van der Waals surface area contributed by atoms with Crippen molar-refractivity contribution in [3.05, 3.63) is 189 Å². The van der Waals surface area contributed by atoms with Gasteiger partial charge in [0.1, 0.15) is 59.1 Å². The summed E-state index contributed by atoms with van der Waals surface area (Å²) in [6.07, 6.45) is 2.44. The molecule has 2 atom stereocenters. The van der Waals surface area contributed by atoms with Crippen molar-refractivity contribution in [2.45, 2.75) is 52.1 Å². The standard InChI is InChI=1S/C26H23FN8O4.C25H21FN8O4/c1-14-9-16(5-8-18(14)27)12-28-22(36)19-10-20(35-25(32-19)30-13-31-35)23(37)29-11-15-3-6-17(7-4-15)21-24(38)34(2)26(39)33-21;1-13-8-15(4-7-17(13)26)11-27-21(35)18-9-19(34-24(31-18)29-12-30-34)22(36)28-10-14-2-5-16(6-3-14)20-23(37)33-25(38)32-20/h3-10,13,21H,11-12H2,1-2H3,(H,28,36)(H,29,37)(H,33,39);2-9,12,20H,10-11H2,1H3,(H,27,35)(H,28,36)(H2,32,33,37,38). The Morgan fingerprint density at radius 1 is 0.545 bits per heavy atom. The Kier molecular flexibility index (Phi) is 14.7. The molecule has 8 aromatic rings. The molecule has 26 heteroatoms. The van der Waals surface area contributed by atoms with Gasteiger partial charge in [0.15, 0.2) is 0 Å². The summed E-state index contributed by atoms with van der Waals surface area (Å²) in [6.45, 7) is 3.84. The maximum absolute atomic E-state index is 13.5. The van der Waals surface area contributed by atoms with Crippen LogP contribution in [0, 0.1) is 25.5 Å². The van der Waals surface area contributed by atoms with Gasteiger partial charge in [-0.05, 0) is 70.5 Å². The minimum atomic E-state index is -0.764. The molecule has 4 aromatic heterocycles. The van der Waals surface area contributed by atoms with Crippen LogP contribution in [-0.4, -0.2) is 98.6 Å². The molecule has 0 bridgehead atoms. The number of nitrogens with one attached hydrogen (secondary N) is 7. The number of nitrogens with zero attached hydrogens (tertiary/aromatic N) is 9. The molecule has 390 valence electrons. The fourth-order valence-corrected chi connectivity index (χ4v) is 8.01. The van der Waals surface area contributed by atoms with Crippen LogP contribution in [0.1, 0.15) is 98.5 Å². The topological polar surface area (TPSA) is 310 Å². The van der Waals surface area contributed by atoms with Crippen LogP contribution in [0.15, 0.2) is 110 Å². The average Bonchev–Trinajstić information content (AvgIpc) is 4.25. The zero-order valence-electron chi connectivity index (χ0n) is 40.9. The highest BCUT2D eigenvalue weighted by molar-refractivity contribution is 6.05. The normalized spacial score (nSPS) is 14.8. The number of rotatable bonds is 14. The summed E-state index contributed by atoms with van der Waals surface area (Å²) in [5.74, 6) is -3.40. The number of amides is 10. The van der Waals surface area contributed by atoms with E-state index < -0.39 is 53.7 Å². The highest BCUT2D eigenvalue weighted by Crippen LogP contribution is 2.22. The number of aryl methyl sites for hydroxylation is 2. The molecule has 77 heavy (non-hydrogen) atoms. The van der Waals surface area contributed by atoms with Crippen LogP contribution < -0.4 is 37.2 Å². The van der Waals surface area contributed by atoms with Gasteiger partial charge in [-0.15, -0.1) is 0 Å². The first-order chi connectivity index (χ1) is 37.0. The third-order valence-corrected chi connectivity index (χ3v) is 12.2. The summed E-state index contributed by atoms with van der Waals surface area (Å²) in [6, 6.07) is 22.9. The number of hydrogen-bond donors (Lipinski definition) is 7. The third kappa shape index (κ3) is 11.5. The second-order valence-electron chi connectivity index (χ2n) is 17.6. The smallest absolute Gasteiger partial charge is 0.324 e. The van der Waals surface area contributed by atoms with Crippen LogP contribution in [-0.2, 0) is 35.8 Å². The van der Waals surface area contributed by atoms with E-state index >= 15 is 0 Å². The van der Waals surface area contributed by atoms with Crippen molar-refractivity contribution in [1.82, 2.24) is 81.3 Å². The van der Waals surface area contributed by atoms with Crippen molar-refractivity contribution in [3.8, 4) is 0 Å². The van der Waals surface area contributed by atoms with E-state index in [0.717, 1.165) is 16.0 Å². The predicted molar refractivity (Wildman–Crippen MR) is 265 cm³/mol. The molecule has 2 aliphatic rings. The summed E-state index contributed by atoms with van der Waals surface area (Å²) in [4.78, 5) is 116. The monoisotopic (exact) mass is 1050 g/mol. The van der Waals surface area contributed by atoms with Gasteiger partial charge in [-0.25, -0.2) is 28.3 Å². The van der Waals surface area contributed by atoms with Crippen molar-refractivity contribution in [1.29, 1.82) is 0 Å². The quantitative estimate of drug-likeness (QED) is 0.0771. The van der Waals surface area contributed by atoms with Gasteiger partial charge in [0.25, 0.3) is 47.0 Å². The largest absolute Gasteiger partial charge is 0.347 e. The number of aromatic nitrogens is 8. The molecule has 2 unspecified atom stereocenters. The number of halogens is 2. The predicted octanol–water partition coefficient (Wildman–Crippen LogP) is 2.97. The molecule has 7 N–H and O–H groups in total. The lowest BCUT2D eigenvalue weighted by Gasteiger charge is -2.11. The van der Waals surface area contributed by atoms with E-state index in [9.17, 15) is 47.1 Å². The van der Waals surface area contributed by atoms with Crippen molar-refractivity contribution in [3.63, 3.8) is 0 Å². The van der Waals surface area contributed by atoms with Gasteiger partial charge < -0.3 is 31.9 Å². The average molecular weight is 1050 g/mol. The number of carbonyl (C=O) groups excluding carboxylic acids is 8. The van der Waals surface area contributed by atoms with Gasteiger partial charge in [0.2, 0.25) is 0 Å². The van der Waals surface area contributed by atoms with E-state index in [2.05, 4.69) is 67.4 Å². The number of imide groups is 2. The van der Waals surface area contributed by atoms with Crippen molar-refractivity contribution >= 4 is 59.1 Å². The fourth-order valence-electron chi connectivity index (χ4n) is 8.01. The third-order valence-electron chi connectivity index (χ3n) is 12.2. The molecular weight excluding hydrogens is 1000 g/mol. The van der Waals surface area contributed by atoms with Gasteiger partial charge in [-0.3, -0.25) is 39.0 Å². The zero-order chi connectivity index (χ0) is 54.5. The number of carbonyl (C=O) groups is 8. The van der Waals surface area contributed by atoms with E-state index in [0.29, 0.717) is 33.4 Å². The maximum atomic E-state index is 13.5. The molecule has 0 radical (unpaired) electrons. The molecule has 2 aliphatic heterocycles. The molecular formula is C51H44F2N16O8. The summed E-state index contributed by atoms with van der Waals surface area (Å²) in [7, 11) is 1.41. The Labute approximate surface area is 434 Å². The van der Waals surface area contributed by atoms with E-state index in [1.807, 2.05) is 0 Å². The molecule has 10 rings (SSSR count). The lowest BCUT2D eigenvalue weighted by atomic mass is 10.0. The Morgan fingerprint density at radius 2 is 0.961 bits per heavy atom. The van der Waals surface area contributed by atoms with E-state index in [-0.39, 0.29) is 78.1 Å². The van der Waals surface area contributed by atoms with Gasteiger partial charge in [-0.2, -0.15) is 29.2 Å². The van der Waals surface area contributed by atoms with Crippen LogP contribution in [0.25, 0.3) is 11.6 Å². The van der Waals surface area contributed by atoms with Crippen LogP contribution >= 0.6 is 0 Å². The van der Waals surface area contributed by atoms with Crippen LogP contribution in [0.5, 0.6) is 0 Å². The molecule has 0 spiro atoms. The maximum Gasteiger partial charge on any atom is 0.324 e. The van der Waals surface area contributed by atoms with Gasteiger partial charge in [-0.1, -0.05) is 72.8 Å². The SMILES string of the molecule is Cc1cc(CNC(=O)c2cc(C(=O)NCc3ccc(C4NC(=O)N(C)C4=O)cc3)n3ncnc3n2)ccc1F.Cc1cc(CNC(=O)c2cc(C(=O)NCc3ccc(C4NC(=O)NC4=O)cc3)n3ncnc3n2)ccc1F. The zero-order valence-corrected chi connectivity index (χ0v) is 40.9.